The molecule has 0 aliphatic rings. The molecule has 0 spiro atoms. The number of anilines is 1. The van der Waals surface area contributed by atoms with Crippen molar-refractivity contribution in [3.05, 3.63) is 30.5 Å². The number of rotatable bonds is 3. The zero-order chi connectivity index (χ0) is 11.5. The molecule has 0 radical (unpaired) electrons. The molecule has 2 aromatic rings. The van der Waals surface area contributed by atoms with Gasteiger partial charge in [-0.2, -0.15) is 5.06 Å². The Balaban J connectivity index is 2.19. The molecular formula is C11H14N3OS+. The van der Waals surface area contributed by atoms with E-state index in [1.807, 2.05) is 44.6 Å². The summed E-state index contributed by atoms with van der Waals surface area (Å²) in [4.78, 5) is 9.50. The Labute approximate surface area is 98.2 Å². The Morgan fingerprint density at radius 3 is 2.44 bits per heavy atom. The smallest absolute Gasteiger partial charge is 0.329 e. The Hall–Kier alpha value is -1.59. The standard InChI is InChI=1S/C11H13N3OS/c1-14(2)15-9-5-3-8(4-6-9)10-7-13-11(12)16-10/h3-7H,1-2H3,(H2,12,13)/p+1. The first-order valence-electron chi connectivity index (χ1n) is 4.88. The average Bonchev–Trinajstić information content (AvgIpc) is 2.65. The lowest BCUT2D eigenvalue weighted by atomic mass is 10.2. The van der Waals surface area contributed by atoms with Crippen LogP contribution in [0.4, 0.5) is 5.13 Å². The number of nitrogens with one attached hydrogen (secondary N) is 1. The van der Waals surface area contributed by atoms with Gasteiger partial charge in [0.25, 0.3) is 0 Å². The van der Waals surface area contributed by atoms with Gasteiger partial charge in [-0.15, -0.1) is 0 Å². The molecule has 1 heterocycles. The van der Waals surface area contributed by atoms with Crippen LogP contribution < -0.4 is 15.6 Å². The number of nitrogen functional groups attached to an aromatic ring is 1. The van der Waals surface area contributed by atoms with Crippen molar-refractivity contribution in [3.8, 4) is 16.2 Å². The summed E-state index contributed by atoms with van der Waals surface area (Å²) in [6, 6.07) is 7.90. The van der Waals surface area contributed by atoms with Gasteiger partial charge in [-0.3, -0.25) is 5.73 Å². The molecule has 4 nitrogen and oxygen atoms in total. The molecule has 0 saturated heterocycles. The number of aromatic nitrogens is 1. The van der Waals surface area contributed by atoms with Crippen LogP contribution in [0.3, 0.4) is 0 Å². The van der Waals surface area contributed by atoms with Crippen LogP contribution in [0.25, 0.3) is 10.4 Å². The molecule has 5 heteroatoms. The predicted molar refractivity (Wildman–Crippen MR) is 65.0 cm³/mol. The molecule has 1 aromatic heterocycles. The summed E-state index contributed by atoms with van der Waals surface area (Å²) < 4.78 is 0. The average molecular weight is 236 g/mol. The number of benzene rings is 1. The number of aromatic amines is 1. The van der Waals surface area contributed by atoms with E-state index in [4.69, 9.17) is 10.6 Å². The first-order chi connectivity index (χ1) is 7.65. The third-order valence-electron chi connectivity index (χ3n) is 1.99. The SMILES string of the molecule is CN(C)Oc1ccc(-c2c[nH+]c(N)s2)cc1. The fourth-order valence-electron chi connectivity index (χ4n) is 1.35. The van der Waals surface area contributed by atoms with E-state index in [9.17, 15) is 0 Å². The summed E-state index contributed by atoms with van der Waals surface area (Å²) >= 11 is 1.53. The highest BCUT2D eigenvalue weighted by Crippen LogP contribution is 2.26. The van der Waals surface area contributed by atoms with E-state index in [-0.39, 0.29) is 0 Å². The largest absolute Gasteiger partial charge is 0.407 e. The highest BCUT2D eigenvalue weighted by atomic mass is 32.1. The lowest BCUT2D eigenvalue weighted by Gasteiger charge is -2.11. The highest BCUT2D eigenvalue weighted by Gasteiger charge is 2.05. The molecular weight excluding hydrogens is 222 g/mol. The summed E-state index contributed by atoms with van der Waals surface area (Å²) in [5.41, 5.74) is 6.77. The van der Waals surface area contributed by atoms with Gasteiger partial charge >= 0.3 is 5.13 Å². The Kier molecular flexibility index (Phi) is 3.07. The van der Waals surface area contributed by atoms with E-state index in [0.29, 0.717) is 5.13 Å². The summed E-state index contributed by atoms with van der Waals surface area (Å²) in [5, 5.41) is 2.37. The number of nitrogens with two attached hydrogens (primary N) is 1. The molecule has 0 bridgehead atoms. The van der Waals surface area contributed by atoms with Crippen molar-refractivity contribution in [2.24, 2.45) is 0 Å². The molecule has 16 heavy (non-hydrogen) atoms. The third-order valence-corrected chi connectivity index (χ3v) is 2.90. The van der Waals surface area contributed by atoms with Crippen LogP contribution in [0, 0.1) is 0 Å². The van der Waals surface area contributed by atoms with Crippen LogP contribution in [0.2, 0.25) is 0 Å². The molecule has 0 amide bonds. The molecule has 0 unspecified atom stereocenters. The molecule has 0 fully saturated rings. The van der Waals surface area contributed by atoms with Crippen LogP contribution >= 0.6 is 11.3 Å². The summed E-state index contributed by atoms with van der Waals surface area (Å²) in [6.45, 7) is 0. The molecule has 0 aliphatic heterocycles. The van der Waals surface area contributed by atoms with Crippen molar-refractivity contribution in [2.45, 2.75) is 0 Å². The molecule has 0 aliphatic carbocycles. The number of hydroxylamine groups is 2. The Bertz CT molecular complexity index is 464. The fraction of sp³-hybridized carbons (Fsp3) is 0.182. The second-order valence-corrected chi connectivity index (χ2v) is 4.63. The number of hydrogen-bond acceptors (Lipinski definition) is 4. The topological polar surface area (TPSA) is 52.6 Å². The number of H-pyrrole nitrogens is 1. The second kappa shape index (κ2) is 4.51. The van der Waals surface area contributed by atoms with Gasteiger partial charge in [0, 0.05) is 14.1 Å². The number of thiazole rings is 1. The van der Waals surface area contributed by atoms with Gasteiger partial charge in [-0.1, -0.05) is 0 Å². The van der Waals surface area contributed by atoms with Crippen molar-refractivity contribution in [1.82, 2.24) is 5.06 Å². The molecule has 0 saturated carbocycles. The van der Waals surface area contributed by atoms with Gasteiger partial charge in [-0.25, -0.2) is 4.98 Å². The lowest BCUT2D eigenvalue weighted by Crippen LogP contribution is -2.15. The normalized spacial score (nSPS) is 10.7. The van der Waals surface area contributed by atoms with Gasteiger partial charge in [0.05, 0.1) is 4.88 Å². The van der Waals surface area contributed by atoms with Crippen molar-refractivity contribution in [3.63, 3.8) is 0 Å². The van der Waals surface area contributed by atoms with E-state index in [2.05, 4.69) is 4.98 Å². The quantitative estimate of drug-likeness (QED) is 0.825. The zero-order valence-electron chi connectivity index (χ0n) is 9.23. The van der Waals surface area contributed by atoms with Crippen molar-refractivity contribution >= 4 is 16.5 Å². The predicted octanol–water partition coefficient (Wildman–Crippen LogP) is 1.67. The van der Waals surface area contributed by atoms with Gasteiger partial charge in [0.15, 0.2) is 0 Å². The second-order valence-electron chi connectivity index (χ2n) is 3.55. The first-order valence-corrected chi connectivity index (χ1v) is 5.69. The Morgan fingerprint density at radius 2 is 1.94 bits per heavy atom. The van der Waals surface area contributed by atoms with Gasteiger partial charge < -0.3 is 4.84 Å². The first kappa shape index (κ1) is 10.9. The van der Waals surface area contributed by atoms with E-state index in [0.717, 1.165) is 16.2 Å². The number of nitrogens with zero attached hydrogens (tertiary/aromatic N) is 1. The number of hydrogen-bond donors (Lipinski definition) is 1. The molecule has 84 valence electrons. The fourth-order valence-corrected chi connectivity index (χ4v) is 2.07. The van der Waals surface area contributed by atoms with Crippen LogP contribution in [-0.4, -0.2) is 19.2 Å². The summed E-state index contributed by atoms with van der Waals surface area (Å²) in [5.74, 6) is 0.822. The van der Waals surface area contributed by atoms with Crippen molar-refractivity contribution < 1.29 is 9.82 Å². The van der Waals surface area contributed by atoms with Crippen LogP contribution in [-0.2, 0) is 0 Å². The molecule has 1 aromatic carbocycles. The monoisotopic (exact) mass is 236 g/mol. The molecule has 2 rings (SSSR count). The maximum Gasteiger partial charge on any atom is 0.329 e. The summed E-state index contributed by atoms with van der Waals surface area (Å²) in [6.07, 6.45) is 1.90. The van der Waals surface area contributed by atoms with Crippen molar-refractivity contribution in [1.29, 1.82) is 0 Å². The van der Waals surface area contributed by atoms with E-state index >= 15 is 0 Å². The molecule has 0 atom stereocenters. The maximum absolute atomic E-state index is 5.64. The highest BCUT2D eigenvalue weighted by molar-refractivity contribution is 7.18. The van der Waals surface area contributed by atoms with Crippen molar-refractivity contribution in [2.75, 3.05) is 19.8 Å². The zero-order valence-corrected chi connectivity index (χ0v) is 10.0. The minimum atomic E-state index is 0.712. The minimum absolute atomic E-state index is 0.712. The third kappa shape index (κ3) is 2.50. The van der Waals surface area contributed by atoms with E-state index in [1.54, 1.807) is 5.06 Å². The van der Waals surface area contributed by atoms with Crippen LogP contribution in [0.5, 0.6) is 5.75 Å². The van der Waals surface area contributed by atoms with Gasteiger partial charge in [0.1, 0.15) is 11.9 Å². The molecule has 3 N–H and O–H groups in total. The van der Waals surface area contributed by atoms with E-state index < -0.39 is 0 Å². The minimum Gasteiger partial charge on any atom is -0.407 e. The maximum atomic E-state index is 5.64. The van der Waals surface area contributed by atoms with E-state index in [1.165, 1.54) is 11.3 Å². The Morgan fingerprint density at radius 1 is 1.25 bits per heavy atom. The van der Waals surface area contributed by atoms with Crippen LogP contribution in [0.1, 0.15) is 0 Å². The van der Waals surface area contributed by atoms with Crippen LogP contribution in [0.15, 0.2) is 30.5 Å². The van der Waals surface area contributed by atoms with Gasteiger partial charge in [0.2, 0.25) is 0 Å². The lowest BCUT2D eigenvalue weighted by molar-refractivity contribution is -0.353. The summed E-state index contributed by atoms with van der Waals surface area (Å²) in [7, 11) is 3.70. The van der Waals surface area contributed by atoms with Gasteiger partial charge in [-0.05, 0) is 41.2 Å².